The Morgan fingerprint density at radius 3 is 2.10 bits per heavy atom. The normalized spacial score (nSPS) is 15.9. The minimum Gasteiger partial charge on any atom is -0.458 e. The Labute approximate surface area is 275 Å². The number of rotatable bonds is 4. The Hall–Kier alpha value is -6.40. The smallest absolute Gasteiger partial charge is 0.161 e. The molecule has 0 saturated heterocycles. The fourth-order valence-corrected chi connectivity index (χ4v) is 7.11. The van der Waals surface area contributed by atoms with Gasteiger partial charge in [-0.25, -0.2) is 9.98 Å². The van der Waals surface area contributed by atoms with Crippen LogP contribution in [0.4, 0.5) is 0 Å². The molecule has 6 nitrogen and oxygen atoms in total. The topological polar surface area (TPSA) is 75.1 Å². The summed E-state index contributed by atoms with van der Waals surface area (Å²) in [7, 11) is 0. The summed E-state index contributed by atoms with van der Waals surface area (Å²) in [6, 6.07) is 45.9. The van der Waals surface area contributed by atoms with Gasteiger partial charge in [-0.2, -0.15) is 0 Å². The molecule has 2 aliphatic heterocycles. The summed E-state index contributed by atoms with van der Waals surface area (Å²) in [5.74, 6) is 2.28. The lowest BCUT2D eigenvalue weighted by atomic mass is 9.95. The van der Waals surface area contributed by atoms with E-state index in [1.165, 1.54) is 5.39 Å². The predicted octanol–water partition coefficient (Wildman–Crippen LogP) is 9.74. The number of nitrogens with one attached hydrogen (secondary N) is 2. The van der Waals surface area contributed by atoms with Crippen LogP contribution in [0.3, 0.4) is 0 Å². The highest BCUT2D eigenvalue weighted by Crippen LogP contribution is 2.43. The van der Waals surface area contributed by atoms with Gasteiger partial charge in [-0.1, -0.05) is 121 Å². The van der Waals surface area contributed by atoms with Crippen LogP contribution in [0, 0.1) is 0 Å². The number of hydrogen-bond acceptors (Lipinski definition) is 6. The SMILES string of the molecule is C1=C(C2=NC(c3ccccc3)NC(c3ccccc3)=N2)c2c(oc3c(-c4cccc5c4oc4cc6ccccc6cc45)cccc23)CN1. The monoisotopic (exact) mass is 620 g/mol. The molecule has 48 heavy (non-hydrogen) atoms. The first-order chi connectivity index (χ1) is 23.8. The van der Waals surface area contributed by atoms with Crippen LogP contribution in [0.5, 0.6) is 0 Å². The van der Waals surface area contributed by atoms with Crippen LogP contribution in [0.2, 0.25) is 0 Å². The summed E-state index contributed by atoms with van der Waals surface area (Å²) in [5, 5.41) is 12.6. The molecule has 1 unspecified atom stereocenters. The van der Waals surface area contributed by atoms with E-state index < -0.39 is 0 Å². The van der Waals surface area contributed by atoms with E-state index in [-0.39, 0.29) is 6.17 Å². The van der Waals surface area contributed by atoms with Crippen molar-refractivity contribution < 1.29 is 8.83 Å². The van der Waals surface area contributed by atoms with Gasteiger partial charge in [0.05, 0.1) is 6.54 Å². The second-order valence-electron chi connectivity index (χ2n) is 12.2. The van der Waals surface area contributed by atoms with Crippen molar-refractivity contribution in [3.8, 4) is 11.1 Å². The average Bonchev–Trinajstić information content (AvgIpc) is 3.72. The molecule has 2 aliphatic rings. The summed E-state index contributed by atoms with van der Waals surface area (Å²) in [4.78, 5) is 10.3. The van der Waals surface area contributed by atoms with Crippen LogP contribution >= 0.6 is 0 Å². The van der Waals surface area contributed by atoms with Gasteiger partial charge in [0.2, 0.25) is 0 Å². The van der Waals surface area contributed by atoms with E-state index in [1.807, 2.05) is 42.6 Å². The van der Waals surface area contributed by atoms with Gasteiger partial charge in [0.25, 0.3) is 0 Å². The Morgan fingerprint density at radius 2 is 1.31 bits per heavy atom. The van der Waals surface area contributed by atoms with Crippen molar-refractivity contribution in [2.24, 2.45) is 9.98 Å². The molecule has 1 atom stereocenters. The molecule has 10 rings (SSSR count). The van der Waals surface area contributed by atoms with Crippen molar-refractivity contribution in [1.82, 2.24) is 10.6 Å². The molecular weight excluding hydrogens is 592 g/mol. The van der Waals surface area contributed by atoms with Gasteiger partial charge in [0.15, 0.2) is 5.84 Å². The first-order valence-electron chi connectivity index (χ1n) is 16.1. The fourth-order valence-electron chi connectivity index (χ4n) is 7.11. The molecule has 2 aromatic heterocycles. The van der Waals surface area contributed by atoms with Gasteiger partial charge >= 0.3 is 0 Å². The summed E-state index contributed by atoms with van der Waals surface area (Å²) >= 11 is 0. The molecule has 228 valence electrons. The molecule has 0 saturated carbocycles. The first-order valence-corrected chi connectivity index (χ1v) is 16.1. The van der Waals surface area contributed by atoms with Crippen LogP contribution < -0.4 is 10.6 Å². The molecule has 2 N–H and O–H groups in total. The highest BCUT2D eigenvalue weighted by molar-refractivity contribution is 6.30. The van der Waals surface area contributed by atoms with E-state index in [2.05, 4.69) is 108 Å². The van der Waals surface area contributed by atoms with Gasteiger partial charge in [0.1, 0.15) is 34.5 Å². The van der Waals surface area contributed by atoms with Gasteiger partial charge in [-0.05, 0) is 28.5 Å². The number of nitrogens with zero attached hydrogens (tertiary/aromatic N) is 2. The largest absolute Gasteiger partial charge is 0.458 e. The number of amidine groups is 2. The number of para-hydroxylation sites is 2. The van der Waals surface area contributed by atoms with Crippen molar-refractivity contribution in [3.05, 3.63) is 162 Å². The molecular formula is C42H28N4O2. The lowest BCUT2D eigenvalue weighted by molar-refractivity contribution is 0.532. The highest BCUT2D eigenvalue weighted by Gasteiger charge is 2.29. The van der Waals surface area contributed by atoms with Gasteiger partial charge < -0.3 is 19.5 Å². The molecule has 0 bridgehead atoms. The Morgan fingerprint density at radius 1 is 0.625 bits per heavy atom. The number of furan rings is 2. The third-order valence-electron chi connectivity index (χ3n) is 9.37. The summed E-state index contributed by atoms with van der Waals surface area (Å²) in [6.07, 6.45) is 1.73. The Balaban J connectivity index is 1.14. The maximum atomic E-state index is 6.74. The standard InChI is InChI=1S/C42H28N4O2/c1-3-11-25(12-4-1)40-44-41(26-13-5-2-6-14-26)46-42(45-40)34-23-43-24-36-37(34)32-20-10-18-30(39(32)48-36)29-17-9-19-31-33-21-27-15-7-8-16-28(27)22-35(33)47-38(29)31/h1-23,40,43H,24H2,(H,44,45,46). The van der Waals surface area contributed by atoms with E-state index in [9.17, 15) is 0 Å². The predicted molar refractivity (Wildman–Crippen MR) is 194 cm³/mol. The molecule has 0 radical (unpaired) electrons. The van der Waals surface area contributed by atoms with E-state index in [0.717, 1.165) is 83.3 Å². The van der Waals surface area contributed by atoms with E-state index in [4.69, 9.17) is 18.8 Å². The van der Waals surface area contributed by atoms with Crippen molar-refractivity contribution in [2.75, 3.05) is 0 Å². The summed E-state index contributed by atoms with van der Waals surface area (Å²) < 4.78 is 13.4. The maximum absolute atomic E-state index is 6.74. The van der Waals surface area contributed by atoms with Crippen LogP contribution in [-0.2, 0) is 6.54 Å². The highest BCUT2D eigenvalue weighted by atomic mass is 16.3. The minimum absolute atomic E-state index is 0.295. The molecule has 6 aromatic carbocycles. The molecule has 0 aliphatic carbocycles. The number of fused-ring (bicyclic) bond motifs is 7. The number of benzene rings is 6. The van der Waals surface area contributed by atoms with Gasteiger partial charge in [0, 0.05) is 50.2 Å². The van der Waals surface area contributed by atoms with Crippen LogP contribution in [0.25, 0.3) is 60.4 Å². The maximum Gasteiger partial charge on any atom is 0.161 e. The average molecular weight is 621 g/mol. The lowest BCUT2D eigenvalue weighted by Crippen LogP contribution is -2.34. The lowest BCUT2D eigenvalue weighted by Gasteiger charge is -2.25. The molecule has 4 heterocycles. The van der Waals surface area contributed by atoms with E-state index >= 15 is 0 Å². The minimum atomic E-state index is -0.295. The third kappa shape index (κ3) is 4.19. The molecule has 0 fully saturated rings. The van der Waals surface area contributed by atoms with Gasteiger partial charge in [-0.3, -0.25) is 0 Å². The first kappa shape index (κ1) is 26.8. The molecule has 6 heteroatoms. The zero-order valence-corrected chi connectivity index (χ0v) is 25.8. The van der Waals surface area contributed by atoms with Crippen molar-refractivity contribution in [3.63, 3.8) is 0 Å². The second-order valence-corrected chi connectivity index (χ2v) is 12.2. The Bertz CT molecular complexity index is 2650. The number of aliphatic imine (C=N–C) groups is 2. The van der Waals surface area contributed by atoms with Gasteiger partial charge in [-0.15, -0.1) is 0 Å². The zero-order chi connectivity index (χ0) is 31.6. The summed E-state index contributed by atoms with van der Waals surface area (Å²) in [6.45, 7) is 0.567. The van der Waals surface area contributed by atoms with Crippen molar-refractivity contribution >= 4 is 60.9 Å². The van der Waals surface area contributed by atoms with Crippen LogP contribution in [0.1, 0.15) is 28.6 Å². The molecule has 0 spiro atoms. The third-order valence-corrected chi connectivity index (χ3v) is 9.37. The van der Waals surface area contributed by atoms with Crippen LogP contribution in [0.15, 0.2) is 158 Å². The summed E-state index contributed by atoms with van der Waals surface area (Å²) in [5.41, 5.74) is 8.50. The fraction of sp³-hybridized carbons (Fsp3) is 0.0476. The van der Waals surface area contributed by atoms with Crippen molar-refractivity contribution in [2.45, 2.75) is 12.7 Å². The number of hydrogen-bond donors (Lipinski definition) is 2. The zero-order valence-electron chi connectivity index (χ0n) is 25.8. The Kier molecular flexibility index (Phi) is 5.90. The molecule has 0 amide bonds. The van der Waals surface area contributed by atoms with E-state index in [0.29, 0.717) is 12.4 Å². The molecule has 8 aromatic rings. The van der Waals surface area contributed by atoms with E-state index in [1.54, 1.807) is 0 Å². The second kappa shape index (κ2) is 10.6. The van der Waals surface area contributed by atoms with Crippen LogP contribution in [-0.4, -0.2) is 11.7 Å². The quantitative estimate of drug-likeness (QED) is 0.205. The van der Waals surface area contributed by atoms with Crippen molar-refractivity contribution in [1.29, 1.82) is 0 Å².